The predicted molar refractivity (Wildman–Crippen MR) is 87.2 cm³/mol. The Kier molecular flexibility index (Phi) is 5.91. The van der Waals surface area contributed by atoms with Crippen LogP contribution < -0.4 is 9.47 Å². The zero-order valence-corrected chi connectivity index (χ0v) is 13.9. The van der Waals surface area contributed by atoms with Crippen molar-refractivity contribution < 1.29 is 14.6 Å². The standard InChI is InChI=1S/C16H16BrClO3/c1-11(19)15-10-13(18)5-6-16(15)21-8-7-20-14-4-2-3-12(17)9-14/h2-6,9-11,19H,7-8H2,1H3/t11-/m1/s1. The van der Waals surface area contributed by atoms with Crippen molar-refractivity contribution in [2.24, 2.45) is 0 Å². The maximum atomic E-state index is 9.72. The molecule has 21 heavy (non-hydrogen) atoms. The van der Waals surface area contributed by atoms with E-state index in [4.69, 9.17) is 21.1 Å². The molecule has 3 nitrogen and oxygen atoms in total. The molecule has 0 radical (unpaired) electrons. The van der Waals surface area contributed by atoms with Crippen molar-refractivity contribution in [2.45, 2.75) is 13.0 Å². The van der Waals surface area contributed by atoms with E-state index in [-0.39, 0.29) is 0 Å². The van der Waals surface area contributed by atoms with Crippen molar-refractivity contribution in [2.75, 3.05) is 13.2 Å². The molecule has 0 heterocycles. The molecular formula is C16H16BrClO3. The number of aliphatic hydroxyl groups excluding tert-OH is 1. The Labute approximate surface area is 137 Å². The van der Waals surface area contributed by atoms with Gasteiger partial charge in [-0.05, 0) is 43.3 Å². The van der Waals surface area contributed by atoms with Gasteiger partial charge < -0.3 is 14.6 Å². The second-order valence-electron chi connectivity index (χ2n) is 4.51. The Hall–Kier alpha value is -1.23. The molecule has 0 fully saturated rings. The van der Waals surface area contributed by atoms with E-state index in [0.717, 1.165) is 10.2 Å². The fourth-order valence-electron chi connectivity index (χ4n) is 1.85. The minimum absolute atomic E-state index is 0.383. The molecule has 0 unspecified atom stereocenters. The molecule has 2 aromatic rings. The van der Waals surface area contributed by atoms with Gasteiger partial charge in [0.05, 0.1) is 6.10 Å². The fourth-order valence-corrected chi connectivity index (χ4v) is 2.40. The average molecular weight is 372 g/mol. The number of benzene rings is 2. The molecule has 0 amide bonds. The van der Waals surface area contributed by atoms with E-state index < -0.39 is 6.10 Å². The van der Waals surface area contributed by atoms with Crippen molar-refractivity contribution in [3.8, 4) is 11.5 Å². The summed E-state index contributed by atoms with van der Waals surface area (Å²) >= 11 is 9.31. The molecule has 0 bridgehead atoms. The van der Waals surface area contributed by atoms with E-state index >= 15 is 0 Å². The van der Waals surface area contributed by atoms with Gasteiger partial charge in [0.25, 0.3) is 0 Å². The summed E-state index contributed by atoms with van der Waals surface area (Å²) in [5.41, 5.74) is 0.671. The van der Waals surface area contributed by atoms with E-state index in [9.17, 15) is 5.11 Å². The van der Waals surface area contributed by atoms with E-state index in [2.05, 4.69) is 15.9 Å². The van der Waals surface area contributed by atoms with Crippen molar-refractivity contribution in [1.82, 2.24) is 0 Å². The van der Waals surface area contributed by atoms with Crippen LogP contribution in [0, 0.1) is 0 Å². The van der Waals surface area contributed by atoms with Crippen molar-refractivity contribution in [1.29, 1.82) is 0 Å². The van der Waals surface area contributed by atoms with Gasteiger partial charge in [-0.2, -0.15) is 0 Å². The van der Waals surface area contributed by atoms with Crippen LogP contribution >= 0.6 is 27.5 Å². The molecule has 0 aromatic heterocycles. The summed E-state index contributed by atoms with van der Waals surface area (Å²) in [6.07, 6.45) is -0.635. The highest BCUT2D eigenvalue weighted by atomic mass is 79.9. The van der Waals surface area contributed by atoms with Gasteiger partial charge in [0.2, 0.25) is 0 Å². The Morgan fingerprint density at radius 3 is 2.62 bits per heavy atom. The van der Waals surface area contributed by atoms with Crippen LogP contribution in [0.3, 0.4) is 0 Å². The summed E-state index contributed by atoms with van der Waals surface area (Å²) < 4.78 is 12.2. The van der Waals surface area contributed by atoms with E-state index in [0.29, 0.717) is 29.5 Å². The molecule has 0 saturated heterocycles. The number of hydrogen-bond donors (Lipinski definition) is 1. The summed E-state index contributed by atoms with van der Waals surface area (Å²) in [6, 6.07) is 12.8. The highest BCUT2D eigenvalue weighted by molar-refractivity contribution is 9.10. The van der Waals surface area contributed by atoms with Crippen molar-refractivity contribution in [3.05, 3.63) is 57.5 Å². The fraction of sp³-hybridized carbons (Fsp3) is 0.250. The quantitative estimate of drug-likeness (QED) is 0.753. The number of ether oxygens (including phenoxy) is 2. The number of hydrogen-bond acceptors (Lipinski definition) is 3. The third-order valence-corrected chi connectivity index (χ3v) is 3.56. The number of aliphatic hydroxyl groups is 1. The molecule has 0 aliphatic heterocycles. The molecule has 0 spiro atoms. The van der Waals surface area contributed by atoms with E-state index in [1.165, 1.54) is 0 Å². The summed E-state index contributed by atoms with van der Waals surface area (Å²) in [4.78, 5) is 0. The first-order valence-corrected chi connectivity index (χ1v) is 7.72. The predicted octanol–water partition coefficient (Wildman–Crippen LogP) is 4.61. The monoisotopic (exact) mass is 370 g/mol. The first kappa shape index (κ1) is 16.1. The SMILES string of the molecule is C[C@@H](O)c1cc(Cl)ccc1OCCOc1cccc(Br)c1. The minimum Gasteiger partial charge on any atom is -0.490 e. The van der Waals surface area contributed by atoms with Crippen LogP contribution in [0.2, 0.25) is 5.02 Å². The van der Waals surface area contributed by atoms with Crippen LogP contribution in [0.1, 0.15) is 18.6 Å². The summed E-state index contributed by atoms with van der Waals surface area (Å²) in [5.74, 6) is 1.40. The topological polar surface area (TPSA) is 38.7 Å². The molecular weight excluding hydrogens is 356 g/mol. The van der Waals surface area contributed by atoms with E-state index in [1.54, 1.807) is 25.1 Å². The van der Waals surface area contributed by atoms with E-state index in [1.807, 2.05) is 24.3 Å². The molecule has 0 aliphatic carbocycles. The van der Waals surface area contributed by atoms with Crippen LogP contribution in [0.5, 0.6) is 11.5 Å². The van der Waals surface area contributed by atoms with Gasteiger partial charge in [-0.25, -0.2) is 0 Å². The van der Waals surface area contributed by atoms with Gasteiger partial charge in [0.15, 0.2) is 0 Å². The molecule has 112 valence electrons. The molecule has 1 N–H and O–H groups in total. The first-order valence-electron chi connectivity index (χ1n) is 6.55. The van der Waals surface area contributed by atoms with Crippen LogP contribution in [0.15, 0.2) is 46.9 Å². The zero-order chi connectivity index (χ0) is 15.2. The Bertz CT molecular complexity index is 602. The lowest BCUT2D eigenvalue weighted by Gasteiger charge is -2.14. The second kappa shape index (κ2) is 7.69. The Balaban J connectivity index is 1.89. The lowest BCUT2D eigenvalue weighted by atomic mass is 10.1. The van der Waals surface area contributed by atoms with Crippen molar-refractivity contribution >= 4 is 27.5 Å². The smallest absolute Gasteiger partial charge is 0.125 e. The van der Waals surface area contributed by atoms with Crippen LogP contribution in [0.25, 0.3) is 0 Å². The third-order valence-electron chi connectivity index (χ3n) is 2.83. The molecule has 1 atom stereocenters. The van der Waals surface area contributed by atoms with Gasteiger partial charge >= 0.3 is 0 Å². The molecule has 0 aliphatic rings. The normalized spacial score (nSPS) is 12.0. The lowest BCUT2D eigenvalue weighted by Crippen LogP contribution is -2.10. The lowest BCUT2D eigenvalue weighted by molar-refractivity contribution is 0.182. The molecule has 2 rings (SSSR count). The second-order valence-corrected chi connectivity index (χ2v) is 5.86. The van der Waals surface area contributed by atoms with Crippen LogP contribution in [-0.4, -0.2) is 18.3 Å². The largest absolute Gasteiger partial charge is 0.490 e. The van der Waals surface area contributed by atoms with Gasteiger partial charge in [-0.15, -0.1) is 0 Å². The number of halogens is 2. The molecule has 2 aromatic carbocycles. The average Bonchev–Trinajstić information content (AvgIpc) is 2.44. The third kappa shape index (κ3) is 4.92. The first-order chi connectivity index (χ1) is 10.1. The molecule has 5 heteroatoms. The van der Waals surface area contributed by atoms with Crippen LogP contribution in [0.4, 0.5) is 0 Å². The minimum atomic E-state index is -0.635. The zero-order valence-electron chi connectivity index (χ0n) is 11.6. The highest BCUT2D eigenvalue weighted by Gasteiger charge is 2.10. The Morgan fingerprint density at radius 2 is 1.90 bits per heavy atom. The van der Waals surface area contributed by atoms with Gasteiger partial charge in [0, 0.05) is 15.1 Å². The maximum absolute atomic E-state index is 9.72. The van der Waals surface area contributed by atoms with Crippen molar-refractivity contribution in [3.63, 3.8) is 0 Å². The van der Waals surface area contributed by atoms with Gasteiger partial charge in [-0.1, -0.05) is 33.6 Å². The number of rotatable bonds is 6. The van der Waals surface area contributed by atoms with Gasteiger partial charge in [0.1, 0.15) is 24.7 Å². The molecule has 0 saturated carbocycles. The summed E-state index contributed by atoms with van der Waals surface area (Å²) in [7, 11) is 0. The summed E-state index contributed by atoms with van der Waals surface area (Å²) in [5, 5.41) is 10.3. The van der Waals surface area contributed by atoms with Gasteiger partial charge in [-0.3, -0.25) is 0 Å². The van der Waals surface area contributed by atoms with Crippen LogP contribution in [-0.2, 0) is 0 Å². The highest BCUT2D eigenvalue weighted by Crippen LogP contribution is 2.28. The summed E-state index contributed by atoms with van der Waals surface area (Å²) in [6.45, 7) is 2.47. The maximum Gasteiger partial charge on any atom is 0.125 e. The Morgan fingerprint density at radius 1 is 1.14 bits per heavy atom.